The molecule has 0 aliphatic heterocycles. The van der Waals surface area contributed by atoms with E-state index in [-0.39, 0.29) is 106 Å². The van der Waals surface area contributed by atoms with E-state index in [0.29, 0.717) is 46.3 Å². The minimum atomic E-state index is -5.51. The Kier molecular flexibility index (Phi) is 17.1. The van der Waals surface area contributed by atoms with E-state index in [1.807, 2.05) is 0 Å². The standard InChI is InChI=1S/C34H29N11O10S3.3Na/c35-18-1-4-21(5-2-18)41-45-33-29(58(53,54)55)14-17-13-28(57(50,51)52)32(31(38)30(17)34(33)46)44-42-23-10-12-26(27(16-23)56(47,48)49)39-20-6-8-22(9-7-20)40-43-25-11-3-19(36)15-24(25)37;;;/h1-16,39,41H,35-38H2,(H,47,48,49)(H,50,51,52)(H,53,54,55);;;/q;3*+1/p-3/b43-40?,44-42?,45-33+;;;. The van der Waals surface area contributed by atoms with Crippen LogP contribution in [-0.4, -0.2) is 50.4 Å². The quantitative estimate of drug-likeness (QED) is 0.0242. The normalized spacial score (nSPS) is 13.5. The molecule has 1 aliphatic carbocycles. The molecule has 61 heavy (non-hydrogen) atoms. The number of rotatable bonds is 11. The number of Topliss-reactive ketones (excluding diaryl/α,β-unsaturated/α-hetero) is 1. The van der Waals surface area contributed by atoms with Gasteiger partial charge in [-0.05, 0) is 103 Å². The van der Waals surface area contributed by atoms with Crippen molar-refractivity contribution in [2.24, 2.45) is 25.6 Å². The zero-order valence-electron chi connectivity index (χ0n) is 32.1. The average Bonchev–Trinajstić information content (AvgIpc) is 3.14. The third-order valence-corrected chi connectivity index (χ3v) is 10.6. The van der Waals surface area contributed by atoms with E-state index < -0.39 is 79.0 Å². The number of nitrogens with two attached hydrogens (primary N) is 4. The number of fused-ring (bicyclic) bond motifs is 1. The summed E-state index contributed by atoms with van der Waals surface area (Å²) in [6, 6.07) is 20.2. The molecule has 27 heteroatoms. The number of azo groups is 2. The predicted octanol–water partition coefficient (Wildman–Crippen LogP) is -4.04. The summed E-state index contributed by atoms with van der Waals surface area (Å²) in [6.07, 6.45) is 0.612. The fourth-order valence-corrected chi connectivity index (χ4v) is 7.26. The van der Waals surface area contributed by atoms with Crippen LogP contribution in [0, 0.1) is 0 Å². The number of ketones is 1. The topological polar surface area (TPSA) is 379 Å². The molecule has 0 heterocycles. The summed E-state index contributed by atoms with van der Waals surface area (Å²) >= 11 is 0. The molecule has 0 saturated heterocycles. The predicted molar refractivity (Wildman–Crippen MR) is 210 cm³/mol. The van der Waals surface area contributed by atoms with Gasteiger partial charge in [-0.1, -0.05) is 0 Å². The number of carbonyl (C=O) groups excluding carboxylic acids is 1. The van der Waals surface area contributed by atoms with Crippen LogP contribution in [-0.2, 0) is 30.4 Å². The molecule has 5 aromatic carbocycles. The molecule has 0 fully saturated rings. The maximum Gasteiger partial charge on any atom is 1.00 e. The largest absolute Gasteiger partial charge is 1.00 e. The summed E-state index contributed by atoms with van der Waals surface area (Å²) < 4.78 is 111. The summed E-state index contributed by atoms with van der Waals surface area (Å²) in [6.45, 7) is 0. The molecule has 10 N–H and O–H groups in total. The number of nitrogen functional groups attached to an aromatic ring is 4. The third kappa shape index (κ3) is 12.3. The first-order chi connectivity index (χ1) is 27.2. The minimum absolute atomic E-state index is 0. The van der Waals surface area contributed by atoms with Crippen molar-refractivity contribution >= 4 is 110 Å². The van der Waals surface area contributed by atoms with Crippen molar-refractivity contribution in [2.45, 2.75) is 9.79 Å². The first-order valence-corrected chi connectivity index (χ1v) is 20.2. The van der Waals surface area contributed by atoms with Crippen molar-refractivity contribution in [3.8, 4) is 0 Å². The second kappa shape index (κ2) is 20.4. The number of hydrogen-bond acceptors (Lipinski definition) is 21. The molecular weight excluding hydrogens is 888 g/mol. The molecule has 0 unspecified atom stereocenters. The van der Waals surface area contributed by atoms with E-state index in [1.54, 1.807) is 12.1 Å². The Bertz CT molecular complexity index is 2990. The zero-order chi connectivity index (χ0) is 42.2. The zero-order valence-corrected chi connectivity index (χ0v) is 40.5. The van der Waals surface area contributed by atoms with Crippen LogP contribution < -0.4 is 122 Å². The fraction of sp³-hybridized carbons (Fsp3) is 0. The molecule has 0 radical (unpaired) electrons. The Balaban J connectivity index is 0.00000331. The van der Waals surface area contributed by atoms with E-state index in [9.17, 15) is 43.7 Å². The van der Waals surface area contributed by atoms with E-state index in [2.05, 4.69) is 36.3 Å². The smallest absolute Gasteiger partial charge is 0.744 e. The Labute approximate surface area is 414 Å². The second-order valence-electron chi connectivity index (χ2n) is 12.1. The summed E-state index contributed by atoms with van der Waals surface area (Å²) in [5.41, 5.74) is 23.9. The fourth-order valence-electron chi connectivity index (χ4n) is 5.30. The molecule has 0 amide bonds. The number of hydrazone groups is 1. The summed E-state index contributed by atoms with van der Waals surface area (Å²) in [5.74, 6) is -1.28. The molecule has 0 saturated carbocycles. The van der Waals surface area contributed by atoms with Crippen LogP contribution in [0.2, 0.25) is 0 Å². The Morgan fingerprint density at radius 1 is 0.574 bits per heavy atom. The number of carbonyl (C=O) groups is 1. The average molecular weight is 914 g/mol. The van der Waals surface area contributed by atoms with Gasteiger partial charge >= 0.3 is 88.7 Å². The summed E-state index contributed by atoms with van der Waals surface area (Å²) in [7, 11) is -16.2. The van der Waals surface area contributed by atoms with Crippen LogP contribution in [0.4, 0.5) is 62.6 Å². The van der Waals surface area contributed by atoms with Crippen LogP contribution in [0.5, 0.6) is 0 Å². The van der Waals surface area contributed by atoms with Gasteiger partial charge in [0.1, 0.15) is 47.4 Å². The minimum Gasteiger partial charge on any atom is -0.744 e. The molecule has 0 aromatic heterocycles. The number of anilines is 7. The van der Waals surface area contributed by atoms with Gasteiger partial charge in [-0.25, -0.2) is 25.3 Å². The van der Waals surface area contributed by atoms with Crippen molar-refractivity contribution in [3.05, 3.63) is 107 Å². The van der Waals surface area contributed by atoms with E-state index in [0.717, 1.165) is 12.1 Å². The summed E-state index contributed by atoms with van der Waals surface area (Å²) in [4.78, 5) is 10.5. The number of allylic oxidation sites excluding steroid dienone is 1. The molecule has 1 aliphatic rings. The molecule has 0 atom stereocenters. The van der Waals surface area contributed by atoms with Crippen molar-refractivity contribution < 1.29 is 132 Å². The van der Waals surface area contributed by atoms with Gasteiger partial charge in [0, 0.05) is 17.1 Å². The van der Waals surface area contributed by atoms with Gasteiger partial charge in [-0.2, -0.15) is 15.3 Å². The molecule has 21 nitrogen and oxygen atoms in total. The van der Waals surface area contributed by atoms with Gasteiger partial charge in [0.15, 0.2) is 0 Å². The van der Waals surface area contributed by atoms with Crippen LogP contribution >= 0.6 is 0 Å². The number of nitrogens with one attached hydrogen (secondary N) is 2. The third-order valence-electron chi connectivity index (χ3n) is 8.01. The molecule has 5 aromatic rings. The molecule has 6 rings (SSSR count). The second-order valence-corrected chi connectivity index (χ2v) is 16.1. The molecular formula is C34H26N11Na3O10S3. The number of hydrogen-bond donors (Lipinski definition) is 6. The van der Waals surface area contributed by atoms with Gasteiger partial charge in [0.2, 0.25) is 5.78 Å². The maximum atomic E-state index is 13.7. The van der Waals surface area contributed by atoms with Crippen LogP contribution in [0.15, 0.2) is 131 Å². The van der Waals surface area contributed by atoms with Gasteiger partial charge < -0.3 is 41.9 Å². The monoisotopic (exact) mass is 913 g/mol. The Hall–Kier alpha value is -4.09. The Morgan fingerprint density at radius 2 is 1.15 bits per heavy atom. The van der Waals surface area contributed by atoms with Gasteiger partial charge in [-0.3, -0.25) is 10.2 Å². The van der Waals surface area contributed by atoms with Gasteiger partial charge in [0.05, 0.1) is 54.4 Å². The van der Waals surface area contributed by atoms with Crippen molar-refractivity contribution in [3.63, 3.8) is 0 Å². The van der Waals surface area contributed by atoms with Crippen LogP contribution in [0.25, 0.3) is 6.08 Å². The van der Waals surface area contributed by atoms with E-state index in [1.165, 1.54) is 60.7 Å². The first-order valence-electron chi connectivity index (χ1n) is 16.0. The van der Waals surface area contributed by atoms with Gasteiger partial charge in [0.25, 0.3) is 0 Å². The van der Waals surface area contributed by atoms with Crippen LogP contribution in [0.1, 0.15) is 15.9 Å². The van der Waals surface area contributed by atoms with E-state index in [4.69, 9.17) is 22.9 Å². The number of nitrogens with zero attached hydrogens (tertiary/aromatic N) is 5. The Morgan fingerprint density at radius 3 is 1.74 bits per heavy atom. The van der Waals surface area contributed by atoms with Crippen molar-refractivity contribution in [2.75, 3.05) is 33.7 Å². The van der Waals surface area contributed by atoms with Crippen molar-refractivity contribution in [1.29, 1.82) is 0 Å². The molecule has 0 spiro atoms. The maximum absolute atomic E-state index is 13.7. The van der Waals surface area contributed by atoms with E-state index >= 15 is 0 Å². The summed E-state index contributed by atoms with van der Waals surface area (Å²) in [5, 5.41) is 22.2. The molecule has 298 valence electrons. The number of benzene rings is 5. The van der Waals surface area contributed by atoms with Crippen LogP contribution in [0.3, 0.4) is 0 Å². The van der Waals surface area contributed by atoms with Crippen molar-refractivity contribution in [1.82, 2.24) is 0 Å². The first kappa shape index (κ1) is 51.3. The molecule has 0 bridgehead atoms. The SMILES string of the molecule is Nc1ccc(N/N=C2/C(=O)c3c(cc(S(=O)(=O)[O-])c(N=Nc4ccc(Nc5ccc(N=Nc6ccc(N)cc6N)cc5)c(S(=O)(=O)[O-])c4)c3N)C=C2S(=O)(=O)[O-])cc1.[Na+].[Na+].[Na+]. The van der Waals surface area contributed by atoms with Gasteiger partial charge in [-0.15, -0.1) is 10.2 Å².